The average Bonchev–Trinajstić information content (AvgIpc) is 3.43. The number of aromatic nitrogens is 5. The first-order valence-corrected chi connectivity index (χ1v) is 14.9. The minimum atomic E-state index is -0.888. The molecule has 0 bridgehead atoms. The lowest BCUT2D eigenvalue weighted by Crippen LogP contribution is -2.42. The monoisotopic (exact) mass is 591 g/mol. The number of hydrogen-bond acceptors (Lipinski definition) is 8. The van der Waals surface area contributed by atoms with Crippen molar-refractivity contribution >= 4 is 28.9 Å². The van der Waals surface area contributed by atoms with Crippen LogP contribution in [-0.4, -0.2) is 74.4 Å². The van der Waals surface area contributed by atoms with Crippen molar-refractivity contribution in [3.63, 3.8) is 0 Å². The Labute approximate surface area is 251 Å². The van der Waals surface area contributed by atoms with Crippen molar-refractivity contribution in [2.75, 3.05) is 21.2 Å². The third-order valence-corrected chi connectivity index (χ3v) is 7.90. The van der Waals surface area contributed by atoms with Gasteiger partial charge in [-0.2, -0.15) is 0 Å². The number of H-pyrrole nitrogens is 1. The summed E-state index contributed by atoms with van der Waals surface area (Å²) >= 11 is 0. The molecule has 2 amide bonds. The van der Waals surface area contributed by atoms with E-state index in [4.69, 9.17) is 0 Å². The van der Waals surface area contributed by atoms with Crippen molar-refractivity contribution in [1.29, 1.82) is 0 Å². The van der Waals surface area contributed by atoms with Crippen LogP contribution in [0.5, 0.6) is 0 Å². The Morgan fingerprint density at radius 3 is 2.74 bits per heavy atom. The van der Waals surface area contributed by atoms with E-state index in [1.165, 1.54) is 61.1 Å². The number of allylic oxidation sites excluding steroid dienone is 1. The molecule has 0 aromatic carbocycles. The van der Waals surface area contributed by atoms with Crippen LogP contribution in [0.2, 0.25) is 0 Å². The second-order valence-corrected chi connectivity index (χ2v) is 11.3. The van der Waals surface area contributed by atoms with Gasteiger partial charge in [-0.05, 0) is 43.7 Å². The topological polar surface area (TPSA) is 152 Å². The maximum absolute atomic E-state index is 13.3. The third kappa shape index (κ3) is 8.82. The molecule has 0 saturated heterocycles. The number of fused-ring (bicyclic) bond motifs is 1. The third-order valence-electron chi connectivity index (χ3n) is 7.90. The van der Waals surface area contributed by atoms with E-state index in [1.54, 1.807) is 38.5 Å². The van der Waals surface area contributed by atoms with Gasteiger partial charge in [-0.15, -0.1) is 0 Å². The van der Waals surface area contributed by atoms with E-state index in [0.29, 0.717) is 23.5 Å². The molecule has 12 heteroatoms. The summed E-state index contributed by atoms with van der Waals surface area (Å²) in [6.07, 6.45) is 14.4. The molecule has 1 fully saturated rings. The number of carbonyl (C=O) groups excluding carboxylic acids is 3. The summed E-state index contributed by atoms with van der Waals surface area (Å²) in [5, 5.41) is 2.55. The number of pyridine rings is 1. The van der Waals surface area contributed by atoms with Crippen molar-refractivity contribution in [3.8, 4) is 0 Å². The average molecular weight is 592 g/mol. The number of nitrogens with zero attached hydrogens (tertiary/aromatic N) is 5. The van der Waals surface area contributed by atoms with Gasteiger partial charge in [0.25, 0.3) is 5.56 Å². The second kappa shape index (κ2) is 15.2. The van der Waals surface area contributed by atoms with E-state index >= 15 is 0 Å². The Morgan fingerprint density at radius 2 is 2.00 bits per heavy atom. The number of aromatic amines is 1. The maximum Gasteiger partial charge on any atom is 0.407 e. The van der Waals surface area contributed by atoms with Crippen LogP contribution in [0.3, 0.4) is 0 Å². The standard InChI is InChI=1S/C31H41N7O5/c1-37(2)27(40)14-8-7-13-23(34-31(42)43-3)25(39)18-22-12-9-17-38(30(22)41)19-26-35-28-24(32-20-33-29(28)36-26)16-15-21-10-5-4-6-11-21/h8-9,12,14,17,20-21,23H,4-7,10-11,13,15-16,18-19H2,1-3H3,(H,34,42)(H,32,33,35,36)/b14-8+/t23-/m0/s1. The molecule has 1 saturated carbocycles. The number of rotatable bonds is 13. The molecule has 12 nitrogen and oxygen atoms in total. The summed E-state index contributed by atoms with van der Waals surface area (Å²) < 4.78 is 6.17. The lowest BCUT2D eigenvalue weighted by atomic mass is 9.86. The maximum atomic E-state index is 13.3. The van der Waals surface area contributed by atoms with Crippen LogP contribution in [0.25, 0.3) is 11.2 Å². The van der Waals surface area contributed by atoms with Crippen molar-refractivity contribution < 1.29 is 19.1 Å². The van der Waals surface area contributed by atoms with Gasteiger partial charge in [0.1, 0.15) is 17.7 Å². The molecule has 0 spiro atoms. The summed E-state index contributed by atoms with van der Waals surface area (Å²) in [7, 11) is 4.50. The minimum absolute atomic E-state index is 0.174. The van der Waals surface area contributed by atoms with Crippen molar-refractivity contribution in [2.45, 2.75) is 76.8 Å². The lowest BCUT2D eigenvalue weighted by Gasteiger charge is -2.21. The number of nitrogens with one attached hydrogen (secondary N) is 2. The highest BCUT2D eigenvalue weighted by atomic mass is 16.5. The zero-order valence-electron chi connectivity index (χ0n) is 25.2. The summed E-state index contributed by atoms with van der Waals surface area (Å²) in [6.45, 7) is 0.174. The molecule has 43 heavy (non-hydrogen) atoms. The molecule has 4 rings (SSSR count). The first kappa shape index (κ1) is 31.6. The largest absolute Gasteiger partial charge is 0.453 e. The highest BCUT2D eigenvalue weighted by molar-refractivity contribution is 5.89. The van der Waals surface area contributed by atoms with Gasteiger partial charge >= 0.3 is 6.09 Å². The van der Waals surface area contributed by atoms with Crippen molar-refractivity contribution in [3.05, 3.63) is 64.2 Å². The number of imidazole rings is 1. The number of alkyl carbamates (subject to hydrolysis) is 1. The van der Waals surface area contributed by atoms with Crippen LogP contribution < -0.4 is 10.9 Å². The zero-order chi connectivity index (χ0) is 30.8. The van der Waals surface area contributed by atoms with Crippen molar-refractivity contribution in [1.82, 2.24) is 34.7 Å². The molecule has 1 aliphatic carbocycles. The molecule has 0 radical (unpaired) electrons. The van der Waals surface area contributed by atoms with Crippen LogP contribution in [0.1, 0.15) is 68.4 Å². The van der Waals surface area contributed by atoms with Gasteiger partial charge in [0.2, 0.25) is 5.91 Å². The first-order chi connectivity index (χ1) is 20.7. The van der Waals surface area contributed by atoms with Gasteiger partial charge < -0.3 is 24.5 Å². The number of Topliss-reactive ketones (excluding diaryl/α,β-unsaturated/α-hetero) is 1. The van der Waals surface area contributed by atoms with Gasteiger partial charge in [-0.25, -0.2) is 19.7 Å². The van der Waals surface area contributed by atoms with E-state index < -0.39 is 12.1 Å². The summed E-state index contributed by atoms with van der Waals surface area (Å²) in [5.41, 5.74) is 2.28. The number of ether oxygens (including phenoxy) is 1. The highest BCUT2D eigenvalue weighted by Crippen LogP contribution is 2.28. The molecule has 3 aromatic heterocycles. The SMILES string of the molecule is COC(=O)N[C@@H](CC/C=C/C(=O)N(C)C)C(=O)Cc1cccn(Cc2nc3ncnc(CCC4CCCCC4)c3[nH]2)c1=O. The van der Waals surface area contributed by atoms with Crippen LogP contribution in [0.4, 0.5) is 4.79 Å². The van der Waals surface area contributed by atoms with Crippen LogP contribution in [0, 0.1) is 5.92 Å². The Hall–Kier alpha value is -4.35. The number of amides is 2. The van der Waals surface area contributed by atoms with E-state index in [0.717, 1.165) is 30.0 Å². The predicted octanol–water partition coefficient (Wildman–Crippen LogP) is 3.34. The zero-order valence-corrected chi connectivity index (χ0v) is 25.2. The number of hydrogen-bond donors (Lipinski definition) is 2. The molecule has 3 heterocycles. The molecule has 3 aromatic rings. The lowest BCUT2D eigenvalue weighted by molar-refractivity contribution is -0.123. The smallest absolute Gasteiger partial charge is 0.407 e. The first-order valence-electron chi connectivity index (χ1n) is 14.9. The summed E-state index contributed by atoms with van der Waals surface area (Å²) in [4.78, 5) is 68.4. The predicted molar refractivity (Wildman–Crippen MR) is 161 cm³/mol. The molecule has 0 aliphatic heterocycles. The van der Waals surface area contributed by atoms with Crippen molar-refractivity contribution in [2.24, 2.45) is 5.92 Å². The number of carbonyl (C=O) groups is 3. The van der Waals surface area contributed by atoms with Crippen LogP contribution >= 0.6 is 0 Å². The van der Waals surface area contributed by atoms with Gasteiger partial charge in [-0.1, -0.05) is 44.2 Å². The van der Waals surface area contributed by atoms with Gasteiger partial charge in [0.05, 0.1) is 25.4 Å². The Bertz CT molecular complexity index is 1500. The molecule has 1 atom stereocenters. The Balaban J connectivity index is 1.44. The van der Waals surface area contributed by atoms with Gasteiger partial charge in [0, 0.05) is 32.3 Å². The molecule has 230 valence electrons. The number of methoxy groups -OCH3 is 1. The number of aryl methyl sites for hydroxylation is 1. The molecule has 1 aliphatic rings. The second-order valence-electron chi connectivity index (χ2n) is 11.3. The quantitative estimate of drug-likeness (QED) is 0.287. The summed E-state index contributed by atoms with van der Waals surface area (Å²) in [5.74, 6) is 0.788. The fourth-order valence-corrected chi connectivity index (χ4v) is 5.43. The van der Waals surface area contributed by atoms with Crippen LogP contribution in [-0.2, 0) is 33.7 Å². The van der Waals surface area contributed by atoms with E-state index in [2.05, 4.69) is 30.0 Å². The highest BCUT2D eigenvalue weighted by Gasteiger charge is 2.22. The minimum Gasteiger partial charge on any atom is -0.453 e. The van der Waals surface area contributed by atoms with E-state index in [9.17, 15) is 19.2 Å². The van der Waals surface area contributed by atoms with Crippen LogP contribution in [0.15, 0.2) is 41.6 Å². The number of likely N-dealkylation sites (N-methyl/N-ethyl adjacent to an activating group) is 1. The Morgan fingerprint density at radius 1 is 1.21 bits per heavy atom. The number of ketones is 1. The van der Waals surface area contributed by atoms with E-state index in [1.807, 2.05) is 0 Å². The fraction of sp³-hybridized carbons (Fsp3) is 0.516. The van der Waals surface area contributed by atoms with E-state index in [-0.39, 0.29) is 36.6 Å². The molecule has 2 N–H and O–H groups in total. The van der Waals surface area contributed by atoms with Gasteiger partial charge in [0.15, 0.2) is 11.4 Å². The molecule has 0 unspecified atom stereocenters. The summed E-state index contributed by atoms with van der Waals surface area (Å²) in [6, 6.07) is 2.43. The molecular weight excluding hydrogens is 550 g/mol. The molecular formula is C31H41N7O5. The Kier molecular flexibility index (Phi) is 11.2. The van der Waals surface area contributed by atoms with Gasteiger partial charge in [-0.3, -0.25) is 14.4 Å². The normalized spacial score (nSPS) is 14.6. The fourth-order valence-electron chi connectivity index (χ4n) is 5.43.